The third kappa shape index (κ3) is 7.26. The fourth-order valence-electron chi connectivity index (χ4n) is 2.03. The molecule has 1 aromatic carbocycles. The Balaban J connectivity index is 2.44. The lowest BCUT2D eigenvalue weighted by molar-refractivity contribution is -0.122. The second-order valence-electron chi connectivity index (χ2n) is 5.04. The quantitative estimate of drug-likeness (QED) is 0.641. The van der Waals surface area contributed by atoms with Crippen LogP contribution in [0.4, 0.5) is 0 Å². The van der Waals surface area contributed by atoms with Crippen molar-refractivity contribution >= 4 is 5.91 Å². The van der Waals surface area contributed by atoms with Gasteiger partial charge in [-0.15, -0.1) is 0 Å². The van der Waals surface area contributed by atoms with Crippen LogP contribution in [0.25, 0.3) is 0 Å². The van der Waals surface area contributed by atoms with E-state index in [-0.39, 0.29) is 5.91 Å². The van der Waals surface area contributed by atoms with E-state index in [9.17, 15) is 4.79 Å². The monoisotopic (exact) mass is 277 g/mol. The SMILES string of the molecule is CCCCNC(=O)CN(CCCN)Cc1ccccc1. The molecule has 0 aliphatic heterocycles. The number of nitrogens with zero attached hydrogens (tertiary/aromatic N) is 1. The number of unbranched alkanes of at least 4 members (excludes halogenated alkanes) is 1. The van der Waals surface area contributed by atoms with Gasteiger partial charge in [-0.1, -0.05) is 43.7 Å². The Bertz CT molecular complexity index is 367. The van der Waals surface area contributed by atoms with E-state index in [4.69, 9.17) is 5.73 Å². The molecular weight excluding hydrogens is 250 g/mol. The molecule has 112 valence electrons. The van der Waals surface area contributed by atoms with Gasteiger partial charge in [0.25, 0.3) is 0 Å². The van der Waals surface area contributed by atoms with Crippen LogP contribution in [0.1, 0.15) is 31.7 Å². The lowest BCUT2D eigenvalue weighted by Crippen LogP contribution is -2.38. The number of carbonyl (C=O) groups is 1. The molecule has 0 aliphatic rings. The van der Waals surface area contributed by atoms with E-state index >= 15 is 0 Å². The van der Waals surface area contributed by atoms with Crippen molar-refractivity contribution in [2.45, 2.75) is 32.7 Å². The highest BCUT2D eigenvalue weighted by Gasteiger charge is 2.10. The standard InChI is InChI=1S/C16H27N3O/c1-2-3-11-18-16(20)14-19(12-7-10-17)13-15-8-5-4-6-9-15/h4-6,8-9H,2-3,7,10-14,17H2,1H3,(H,18,20). The van der Waals surface area contributed by atoms with Crippen molar-refractivity contribution in [1.29, 1.82) is 0 Å². The van der Waals surface area contributed by atoms with Crippen LogP contribution >= 0.6 is 0 Å². The molecule has 0 unspecified atom stereocenters. The van der Waals surface area contributed by atoms with Crippen LogP contribution in [0.3, 0.4) is 0 Å². The van der Waals surface area contributed by atoms with Crippen LogP contribution in [-0.2, 0) is 11.3 Å². The summed E-state index contributed by atoms with van der Waals surface area (Å²) in [6, 6.07) is 10.2. The Labute approximate surface area is 122 Å². The molecule has 0 aromatic heterocycles. The normalized spacial score (nSPS) is 10.8. The van der Waals surface area contributed by atoms with E-state index in [2.05, 4.69) is 29.3 Å². The summed E-state index contributed by atoms with van der Waals surface area (Å²) in [5.41, 5.74) is 6.80. The summed E-state index contributed by atoms with van der Waals surface area (Å²) in [6.45, 7) is 5.64. The third-order valence-electron chi connectivity index (χ3n) is 3.15. The van der Waals surface area contributed by atoms with Crippen molar-refractivity contribution in [3.8, 4) is 0 Å². The fourth-order valence-corrected chi connectivity index (χ4v) is 2.03. The van der Waals surface area contributed by atoms with Crippen LogP contribution in [0, 0.1) is 0 Å². The van der Waals surface area contributed by atoms with Gasteiger partial charge in [-0.3, -0.25) is 9.69 Å². The van der Waals surface area contributed by atoms with Gasteiger partial charge >= 0.3 is 0 Å². The minimum Gasteiger partial charge on any atom is -0.355 e. The molecule has 4 nitrogen and oxygen atoms in total. The second-order valence-corrected chi connectivity index (χ2v) is 5.04. The molecule has 0 spiro atoms. The van der Waals surface area contributed by atoms with Crippen LogP contribution in [0.2, 0.25) is 0 Å². The highest BCUT2D eigenvalue weighted by atomic mass is 16.2. The topological polar surface area (TPSA) is 58.4 Å². The van der Waals surface area contributed by atoms with Crippen molar-refractivity contribution in [1.82, 2.24) is 10.2 Å². The molecule has 0 saturated carbocycles. The number of hydrogen-bond acceptors (Lipinski definition) is 3. The number of amides is 1. The summed E-state index contributed by atoms with van der Waals surface area (Å²) in [5, 5.41) is 2.96. The van der Waals surface area contributed by atoms with Gasteiger partial charge < -0.3 is 11.1 Å². The first-order chi connectivity index (χ1) is 9.76. The molecule has 1 amide bonds. The predicted molar refractivity (Wildman–Crippen MR) is 83.3 cm³/mol. The van der Waals surface area contributed by atoms with Crippen molar-refractivity contribution in [2.75, 3.05) is 26.2 Å². The van der Waals surface area contributed by atoms with Crippen LogP contribution in [0.15, 0.2) is 30.3 Å². The lowest BCUT2D eigenvalue weighted by Gasteiger charge is -2.21. The molecule has 20 heavy (non-hydrogen) atoms. The molecule has 0 heterocycles. The Morgan fingerprint density at radius 1 is 1.25 bits per heavy atom. The molecule has 0 fully saturated rings. The number of nitrogens with two attached hydrogens (primary N) is 1. The number of carbonyl (C=O) groups excluding carboxylic acids is 1. The van der Waals surface area contributed by atoms with E-state index in [1.807, 2.05) is 18.2 Å². The largest absolute Gasteiger partial charge is 0.355 e. The summed E-state index contributed by atoms with van der Waals surface area (Å²) in [5.74, 6) is 0.103. The summed E-state index contributed by atoms with van der Waals surface area (Å²) in [4.78, 5) is 14.1. The van der Waals surface area contributed by atoms with Crippen LogP contribution < -0.4 is 11.1 Å². The maximum absolute atomic E-state index is 11.9. The minimum absolute atomic E-state index is 0.103. The first-order valence-electron chi connectivity index (χ1n) is 7.49. The summed E-state index contributed by atoms with van der Waals surface area (Å²) < 4.78 is 0. The lowest BCUT2D eigenvalue weighted by atomic mass is 10.2. The van der Waals surface area contributed by atoms with Crippen molar-refractivity contribution < 1.29 is 4.79 Å². The molecule has 0 radical (unpaired) electrons. The van der Waals surface area contributed by atoms with E-state index in [0.717, 1.165) is 38.9 Å². The van der Waals surface area contributed by atoms with E-state index in [1.54, 1.807) is 0 Å². The van der Waals surface area contributed by atoms with Crippen LogP contribution in [-0.4, -0.2) is 37.0 Å². The zero-order chi connectivity index (χ0) is 14.6. The van der Waals surface area contributed by atoms with E-state index in [0.29, 0.717) is 13.1 Å². The van der Waals surface area contributed by atoms with Gasteiger partial charge in [0.15, 0.2) is 0 Å². The maximum Gasteiger partial charge on any atom is 0.234 e. The first-order valence-corrected chi connectivity index (χ1v) is 7.49. The fraction of sp³-hybridized carbons (Fsp3) is 0.562. The minimum atomic E-state index is 0.103. The number of benzene rings is 1. The van der Waals surface area contributed by atoms with Gasteiger partial charge in [-0.05, 0) is 24.9 Å². The molecule has 0 aliphatic carbocycles. The van der Waals surface area contributed by atoms with Gasteiger partial charge in [-0.25, -0.2) is 0 Å². The average molecular weight is 277 g/mol. The molecule has 0 saturated heterocycles. The van der Waals surface area contributed by atoms with Gasteiger partial charge in [-0.2, -0.15) is 0 Å². The molecular formula is C16H27N3O. The summed E-state index contributed by atoms with van der Waals surface area (Å²) >= 11 is 0. The average Bonchev–Trinajstić information content (AvgIpc) is 2.46. The third-order valence-corrected chi connectivity index (χ3v) is 3.15. The van der Waals surface area contributed by atoms with E-state index in [1.165, 1.54) is 5.56 Å². The number of hydrogen-bond donors (Lipinski definition) is 2. The summed E-state index contributed by atoms with van der Waals surface area (Å²) in [7, 11) is 0. The van der Waals surface area contributed by atoms with Gasteiger partial charge in [0.1, 0.15) is 0 Å². The van der Waals surface area contributed by atoms with Crippen molar-refractivity contribution in [3.63, 3.8) is 0 Å². The smallest absolute Gasteiger partial charge is 0.234 e. The second kappa shape index (κ2) is 10.4. The van der Waals surface area contributed by atoms with Crippen LogP contribution in [0.5, 0.6) is 0 Å². The van der Waals surface area contributed by atoms with Gasteiger partial charge in [0.05, 0.1) is 6.54 Å². The highest BCUT2D eigenvalue weighted by molar-refractivity contribution is 5.77. The van der Waals surface area contributed by atoms with Gasteiger partial charge in [0, 0.05) is 19.6 Å². The van der Waals surface area contributed by atoms with Crippen molar-refractivity contribution in [3.05, 3.63) is 35.9 Å². The highest BCUT2D eigenvalue weighted by Crippen LogP contribution is 2.04. The molecule has 3 N–H and O–H groups in total. The number of rotatable bonds is 10. The Morgan fingerprint density at radius 3 is 2.65 bits per heavy atom. The molecule has 4 heteroatoms. The zero-order valence-electron chi connectivity index (χ0n) is 12.5. The van der Waals surface area contributed by atoms with Gasteiger partial charge in [0.2, 0.25) is 5.91 Å². The predicted octanol–water partition coefficient (Wildman–Crippen LogP) is 1.75. The molecule has 0 atom stereocenters. The number of nitrogens with one attached hydrogen (secondary N) is 1. The first kappa shape index (κ1) is 16.7. The molecule has 1 rings (SSSR count). The molecule has 1 aromatic rings. The Kier molecular flexibility index (Phi) is 8.67. The maximum atomic E-state index is 11.9. The Morgan fingerprint density at radius 2 is 2.00 bits per heavy atom. The zero-order valence-corrected chi connectivity index (χ0v) is 12.5. The van der Waals surface area contributed by atoms with Crippen molar-refractivity contribution in [2.24, 2.45) is 5.73 Å². The molecule has 0 bridgehead atoms. The van der Waals surface area contributed by atoms with E-state index < -0.39 is 0 Å². The Hall–Kier alpha value is -1.39. The summed E-state index contributed by atoms with van der Waals surface area (Å²) in [6.07, 6.45) is 3.05.